The van der Waals surface area contributed by atoms with Gasteiger partial charge in [0.05, 0.1) is 14.2 Å². The van der Waals surface area contributed by atoms with Gasteiger partial charge in [0.2, 0.25) is 5.88 Å². The summed E-state index contributed by atoms with van der Waals surface area (Å²) >= 11 is 0. The molecule has 1 aromatic heterocycles. The van der Waals surface area contributed by atoms with Crippen LogP contribution in [0.3, 0.4) is 0 Å². The van der Waals surface area contributed by atoms with Crippen molar-refractivity contribution in [2.75, 3.05) is 21.3 Å². The number of carbonyl (C=O) groups is 1. The molecule has 0 fully saturated rings. The number of carbonyl (C=O) groups excluding carboxylic acids is 1. The molecule has 0 unspecified atom stereocenters. The van der Waals surface area contributed by atoms with Gasteiger partial charge in [-0.1, -0.05) is 18.2 Å². The number of urea groups is 1. The third-order valence-corrected chi connectivity index (χ3v) is 3.35. The first kappa shape index (κ1) is 16.6. The quantitative estimate of drug-likeness (QED) is 0.889. The number of amides is 2. The zero-order valence-electron chi connectivity index (χ0n) is 13.6. The smallest absolute Gasteiger partial charge is 0.317 e. The van der Waals surface area contributed by atoms with Gasteiger partial charge in [0, 0.05) is 32.4 Å². The molecule has 0 aliphatic carbocycles. The van der Waals surface area contributed by atoms with Crippen molar-refractivity contribution < 1.29 is 14.3 Å². The molecule has 122 valence electrons. The fourth-order valence-electron chi connectivity index (χ4n) is 2.07. The number of hydrogen-bond donors (Lipinski definition) is 1. The van der Waals surface area contributed by atoms with E-state index in [9.17, 15) is 4.79 Å². The fraction of sp³-hybridized carbons (Fsp3) is 0.294. The fourth-order valence-corrected chi connectivity index (χ4v) is 2.07. The van der Waals surface area contributed by atoms with E-state index in [1.54, 1.807) is 38.4 Å². The highest BCUT2D eigenvalue weighted by Gasteiger charge is 2.09. The van der Waals surface area contributed by atoms with Gasteiger partial charge in [-0.25, -0.2) is 9.78 Å². The third-order valence-electron chi connectivity index (χ3n) is 3.35. The molecule has 0 aliphatic rings. The van der Waals surface area contributed by atoms with E-state index in [0.29, 0.717) is 19.0 Å². The number of methoxy groups -OCH3 is 2. The molecular weight excluding hydrogens is 294 g/mol. The second kappa shape index (κ2) is 8.03. The van der Waals surface area contributed by atoms with Crippen LogP contribution in [0.5, 0.6) is 11.6 Å². The summed E-state index contributed by atoms with van der Waals surface area (Å²) in [5, 5.41) is 2.86. The molecule has 1 N–H and O–H groups in total. The molecule has 2 amide bonds. The lowest BCUT2D eigenvalue weighted by Crippen LogP contribution is -2.36. The van der Waals surface area contributed by atoms with Crippen molar-refractivity contribution in [1.82, 2.24) is 15.2 Å². The molecule has 0 saturated carbocycles. The standard InChI is InChI=1S/C17H21N3O3/c1-20(12-13-5-4-6-15(9-13)22-2)17(21)19-11-14-7-8-16(23-3)18-10-14/h4-10H,11-12H2,1-3H3,(H,19,21). The molecule has 6 nitrogen and oxygen atoms in total. The number of hydrogen-bond acceptors (Lipinski definition) is 4. The maximum absolute atomic E-state index is 12.1. The molecule has 0 spiro atoms. The van der Waals surface area contributed by atoms with E-state index in [0.717, 1.165) is 16.9 Å². The Labute approximate surface area is 136 Å². The first-order chi connectivity index (χ1) is 11.1. The van der Waals surface area contributed by atoms with Crippen molar-refractivity contribution in [2.24, 2.45) is 0 Å². The highest BCUT2D eigenvalue weighted by atomic mass is 16.5. The minimum atomic E-state index is -0.149. The Kier molecular flexibility index (Phi) is 5.80. The lowest BCUT2D eigenvalue weighted by atomic mass is 10.2. The zero-order valence-corrected chi connectivity index (χ0v) is 13.6. The Morgan fingerprint density at radius 3 is 2.65 bits per heavy atom. The van der Waals surface area contributed by atoms with Gasteiger partial charge in [-0.15, -0.1) is 0 Å². The normalized spacial score (nSPS) is 10.0. The molecular formula is C17H21N3O3. The number of aromatic nitrogens is 1. The SMILES string of the molecule is COc1cccc(CN(C)C(=O)NCc2ccc(OC)nc2)c1. The van der Waals surface area contributed by atoms with Crippen molar-refractivity contribution in [3.63, 3.8) is 0 Å². The summed E-state index contributed by atoms with van der Waals surface area (Å²) in [5.74, 6) is 1.33. The summed E-state index contributed by atoms with van der Waals surface area (Å²) in [6, 6.07) is 11.1. The largest absolute Gasteiger partial charge is 0.497 e. The first-order valence-corrected chi connectivity index (χ1v) is 7.23. The average molecular weight is 315 g/mol. The van der Waals surface area contributed by atoms with Gasteiger partial charge in [0.25, 0.3) is 0 Å². The zero-order chi connectivity index (χ0) is 16.7. The van der Waals surface area contributed by atoms with E-state index in [2.05, 4.69) is 10.3 Å². The van der Waals surface area contributed by atoms with Crippen molar-refractivity contribution in [3.05, 3.63) is 53.7 Å². The highest BCUT2D eigenvalue weighted by Crippen LogP contribution is 2.14. The van der Waals surface area contributed by atoms with Crippen molar-refractivity contribution in [3.8, 4) is 11.6 Å². The third kappa shape index (κ3) is 4.88. The average Bonchev–Trinajstić information content (AvgIpc) is 2.60. The Morgan fingerprint density at radius 2 is 2.00 bits per heavy atom. The molecule has 1 aromatic carbocycles. The molecule has 0 saturated heterocycles. The number of rotatable bonds is 6. The summed E-state index contributed by atoms with van der Waals surface area (Å²) in [6.45, 7) is 0.919. The van der Waals surface area contributed by atoms with Gasteiger partial charge < -0.3 is 19.7 Å². The van der Waals surface area contributed by atoms with Gasteiger partial charge in [-0.2, -0.15) is 0 Å². The predicted octanol–water partition coefficient (Wildman–Crippen LogP) is 2.44. The van der Waals surface area contributed by atoms with Crippen LogP contribution in [0.15, 0.2) is 42.6 Å². The second-order valence-corrected chi connectivity index (χ2v) is 5.08. The number of ether oxygens (including phenoxy) is 2. The Balaban J connectivity index is 1.86. The van der Waals surface area contributed by atoms with Gasteiger partial charge in [-0.05, 0) is 23.3 Å². The van der Waals surface area contributed by atoms with Crippen LogP contribution in [0, 0.1) is 0 Å². The summed E-state index contributed by atoms with van der Waals surface area (Å²) in [6.07, 6.45) is 1.68. The number of benzene rings is 1. The van der Waals surface area contributed by atoms with E-state index >= 15 is 0 Å². The molecule has 2 aromatic rings. The highest BCUT2D eigenvalue weighted by molar-refractivity contribution is 5.73. The van der Waals surface area contributed by atoms with Crippen LogP contribution < -0.4 is 14.8 Å². The van der Waals surface area contributed by atoms with Crippen molar-refractivity contribution in [2.45, 2.75) is 13.1 Å². The monoisotopic (exact) mass is 315 g/mol. The van der Waals surface area contributed by atoms with Crippen molar-refractivity contribution >= 4 is 6.03 Å². The van der Waals surface area contributed by atoms with Gasteiger partial charge >= 0.3 is 6.03 Å². The number of nitrogens with one attached hydrogen (secondary N) is 1. The number of pyridine rings is 1. The molecule has 0 atom stereocenters. The van der Waals surface area contributed by atoms with E-state index < -0.39 is 0 Å². The minimum absolute atomic E-state index is 0.149. The Morgan fingerprint density at radius 1 is 1.17 bits per heavy atom. The van der Waals surface area contributed by atoms with Crippen LogP contribution in [0.1, 0.15) is 11.1 Å². The molecule has 2 rings (SSSR count). The van der Waals surface area contributed by atoms with Crippen LogP contribution in [0.2, 0.25) is 0 Å². The van der Waals surface area contributed by atoms with Crippen LogP contribution in [-0.4, -0.2) is 37.2 Å². The van der Waals surface area contributed by atoms with E-state index in [4.69, 9.17) is 9.47 Å². The Hall–Kier alpha value is -2.76. The molecule has 23 heavy (non-hydrogen) atoms. The molecule has 0 bridgehead atoms. The predicted molar refractivity (Wildman–Crippen MR) is 87.5 cm³/mol. The lowest BCUT2D eigenvalue weighted by Gasteiger charge is -2.18. The molecule has 0 aliphatic heterocycles. The lowest BCUT2D eigenvalue weighted by molar-refractivity contribution is 0.206. The van der Waals surface area contributed by atoms with Crippen LogP contribution in [0.4, 0.5) is 4.79 Å². The van der Waals surface area contributed by atoms with Gasteiger partial charge in [-0.3, -0.25) is 0 Å². The van der Waals surface area contributed by atoms with E-state index in [-0.39, 0.29) is 6.03 Å². The maximum atomic E-state index is 12.1. The van der Waals surface area contributed by atoms with Crippen LogP contribution >= 0.6 is 0 Å². The molecule has 1 heterocycles. The van der Waals surface area contributed by atoms with Crippen LogP contribution in [0.25, 0.3) is 0 Å². The second-order valence-electron chi connectivity index (χ2n) is 5.08. The maximum Gasteiger partial charge on any atom is 0.317 e. The van der Waals surface area contributed by atoms with Crippen LogP contribution in [-0.2, 0) is 13.1 Å². The summed E-state index contributed by atoms with van der Waals surface area (Å²) in [7, 11) is 4.94. The summed E-state index contributed by atoms with van der Waals surface area (Å²) in [5.41, 5.74) is 1.92. The first-order valence-electron chi connectivity index (χ1n) is 7.23. The van der Waals surface area contributed by atoms with E-state index in [1.807, 2.05) is 30.3 Å². The van der Waals surface area contributed by atoms with E-state index in [1.165, 1.54) is 0 Å². The summed E-state index contributed by atoms with van der Waals surface area (Å²) in [4.78, 5) is 17.9. The van der Waals surface area contributed by atoms with Gasteiger partial charge in [0.1, 0.15) is 5.75 Å². The Bertz CT molecular complexity index is 644. The number of nitrogens with zero attached hydrogens (tertiary/aromatic N) is 2. The molecule has 6 heteroatoms. The minimum Gasteiger partial charge on any atom is -0.497 e. The van der Waals surface area contributed by atoms with Crippen molar-refractivity contribution in [1.29, 1.82) is 0 Å². The molecule has 0 radical (unpaired) electrons. The van der Waals surface area contributed by atoms with Gasteiger partial charge in [0.15, 0.2) is 0 Å². The topological polar surface area (TPSA) is 63.7 Å². The summed E-state index contributed by atoms with van der Waals surface area (Å²) < 4.78 is 10.2.